The minimum absolute atomic E-state index is 0.0315. The maximum absolute atomic E-state index is 14.4. The Kier molecular flexibility index (Phi) is 27.5. The number of amides is 6. The Hall–Kier alpha value is -5.97. The van der Waals surface area contributed by atoms with E-state index in [1.54, 1.807) is 20.8 Å². The normalized spacial score (nSPS) is 15.6. The second-order valence-corrected chi connectivity index (χ2v) is 18.3. The smallest absolute Gasteiger partial charge is 0.326 e. The van der Waals surface area contributed by atoms with Crippen molar-refractivity contribution < 1.29 is 48.6 Å². The van der Waals surface area contributed by atoms with E-state index in [0.717, 1.165) is 5.56 Å². The summed E-state index contributed by atoms with van der Waals surface area (Å²) in [6.45, 7) is 11.6. The highest BCUT2D eigenvalue weighted by Crippen LogP contribution is 2.15. The Morgan fingerprint density at radius 2 is 1.16 bits per heavy atom. The van der Waals surface area contributed by atoms with Gasteiger partial charge in [-0.3, -0.25) is 33.6 Å². The molecule has 2 aromatic rings. The Morgan fingerprint density at radius 1 is 0.629 bits per heavy atom. The van der Waals surface area contributed by atoms with Gasteiger partial charge in [0.2, 0.25) is 35.4 Å². The van der Waals surface area contributed by atoms with Crippen LogP contribution in [0.25, 0.3) is 0 Å². The molecule has 0 fully saturated rings. The van der Waals surface area contributed by atoms with Crippen LogP contribution in [0.2, 0.25) is 0 Å². The summed E-state index contributed by atoms with van der Waals surface area (Å²) in [5.41, 5.74) is 18.4. The number of aromatic amines is 1. The minimum atomic E-state index is -1.43. The van der Waals surface area contributed by atoms with Crippen molar-refractivity contribution in [1.82, 2.24) is 47.2 Å². The number of benzene rings is 1. The second kappa shape index (κ2) is 32.0. The molecule has 0 aliphatic heterocycles. The van der Waals surface area contributed by atoms with Gasteiger partial charge in [0.05, 0.1) is 24.8 Å². The predicted octanol–water partition coefficient (Wildman–Crippen LogP) is -0.0453. The summed E-state index contributed by atoms with van der Waals surface area (Å²) in [6, 6.07) is 0.587. The first kappa shape index (κ1) is 60.2. The van der Waals surface area contributed by atoms with E-state index >= 15 is 0 Å². The largest absolute Gasteiger partial charge is 0.481 e. The number of rotatable bonds is 35. The van der Waals surface area contributed by atoms with Gasteiger partial charge in [0.25, 0.3) is 0 Å². The lowest BCUT2D eigenvalue weighted by atomic mass is 9.93. The summed E-state index contributed by atoms with van der Waals surface area (Å²) in [7, 11) is 0. The fourth-order valence-electron chi connectivity index (χ4n) is 7.59. The number of nitrogens with two attached hydrogens (primary N) is 3. The number of hydrogen-bond donors (Lipinski definition) is 13. The van der Waals surface area contributed by atoms with Gasteiger partial charge < -0.3 is 69.6 Å². The van der Waals surface area contributed by atoms with Crippen molar-refractivity contribution in [2.24, 2.45) is 35.0 Å². The third-order valence-electron chi connectivity index (χ3n) is 12.3. The number of carbonyl (C=O) groups is 8. The quantitative estimate of drug-likeness (QED) is 0.0403. The average Bonchev–Trinajstić information content (AvgIpc) is 3.84. The zero-order valence-electron chi connectivity index (χ0n) is 41.6. The number of imidazole rings is 1. The Bertz CT molecular complexity index is 1940. The summed E-state index contributed by atoms with van der Waals surface area (Å²) in [5.74, 6) is -7.52. The minimum Gasteiger partial charge on any atom is -0.481 e. The standard InChI is InChI=1S/C48H80N12O10/c1-7-29(5)40(46(67)60-41(30(6)8-2)47(68)59-39(28(3)4)45(66)57-36(48(69)70)19-13-15-21-50)53-26-33(22-31-16-10-9-11-17-31)55-44(65)37(23-32-25-52-27-54-32)58-43(64)35(18-12-14-20-49)56-42(63)34(51)24-38(61)62/h9-11,16-17,25,27-30,33-37,39-41,53H,7-8,12-15,18-24,26,49-51H2,1-6H3,(H,52,54)(H,55,65)(H,56,63)(H,57,66)(H,58,64)(H,59,68)(H,60,67)(H,61,62)(H,69,70)/t29-,30-,33-,34-,35-,36-,37-,39-,40-,41-/m0/s1. The van der Waals surface area contributed by atoms with Crippen molar-refractivity contribution in [2.75, 3.05) is 19.6 Å². The van der Waals surface area contributed by atoms with Crippen molar-refractivity contribution in [2.45, 2.75) is 161 Å². The molecule has 22 heteroatoms. The zero-order chi connectivity index (χ0) is 52.3. The monoisotopic (exact) mass is 985 g/mol. The van der Waals surface area contributed by atoms with E-state index in [9.17, 15) is 48.6 Å². The van der Waals surface area contributed by atoms with Crippen LogP contribution in [0.5, 0.6) is 0 Å². The Balaban J connectivity index is 2.42. The van der Waals surface area contributed by atoms with E-state index in [0.29, 0.717) is 63.7 Å². The number of nitrogens with one attached hydrogen (secondary N) is 8. The lowest BCUT2D eigenvalue weighted by molar-refractivity contribution is -0.143. The molecule has 0 saturated heterocycles. The first-order chi connectivity index (χ1) is 33.3. The van der Waals surface area contributed by atoms with Crippen LogP contribution in [0.15, 0.2) is 42.9 Å². The molecule has 1 aromatic heterocycles. The SMILES string of the molecule is CC[C@H](C)[C@H](NC[C@H](Cc1ccccc1)NC(=O)[C@H](Cc1cnc[nH]1)NC(=O)[C@H](CCCCN)NC(=O)[C@@H](N)CC(=O)O)C(=O)N[C@H](C(=O)N[C@H](C(=O)N[C@@H](CCCCN)C(=O)O)C(C)C)[C@@H](C)CC. The van der Waals surface area contributed by atoms with Crippen molar-refractivity contribution in [3.63, 3.8) is 0 Å². The summed E-state index contributed by atoms with van der Waals surface area (Å²) in [5, 5.41) is 38.9. The van der Waals surface area contributed by atoms with Crippen molar-refractivity contribution in [3.05, 3.63) is 54.1 Å². The van der Waals surface area contributed by atoms with Gasteiger partial charge in [-0.05, 0) is 81.4 Å². The number of aliphatic carboxylic acids is 2. The van der Waals surface area contributed by atoms with E-state index in [4.69, 9.17) is 17.2 Å². The molecular weight excluding hydrogens is 905 g/mol. The van der Waals surface area contributed by atoms with Gasteiger partial charge in [-0.25, -0.2) is 9.78 Å². The molecule has 0 unspecified atom stereocenters. The molecule has 1 heterocycles. The van der Waals surface area contributed by atoms with Gasteiger partial charge in [0.15, 0.2) is 0 Å². The van der Waals surface area contributed by atoms with Gasteiger partial charge in [-0.2, -0.15) is 0 Å². The molecule has 392 valence electrons. The molecule has 0 aliphatic carbocycles. The first-order valence-electron chi connectivity index (χ1n) is 24.4. The molecule has 0 spiro atoms. The van der Waals surface area contributed by atoms with Crippen LogP contribution < -0.4 is 54.4 Å². The topological polar surface area (TPSA) is 368 Å². The highest BCUT2D eigenvalue weighted by Gasteiger charge is 2.36. The molecule has 0 aliphatic rings. The van der Waals surface area contributed by atoms with Crippen LogP contribution in [0.3, 0.4) is 0 Å². The molecule has 16 N–H and O–H groups in total. The van der Waals surface area contributed by atoms with Crippen LogP contribution >= 0.6 is 0 Å². The number of nitrogens with zero attached hydrogens (tertiary/aromatic N) is 1. The van der Waals surface area contributed by atoms with E-state index in [2.05, 4.69) is 47.2 Å². The van der Waals surface area contributed by atoms with Crippen LogP contribution in [0, 0.1) is 17.8 Å². The van der Waals surface area contributed by atoms with Crippen molar-refractivity contribution in [1.29, 1.82) is 0 Å². The van der Waals surface area contributed by atoms with Crippen molar-refractivity contribution >= 4 is 47.4 Å². The Morgan fingerprint density at radius 3 is 1.70 bits per heavy atom. The van der Waals surface area contributed by atoms with Crippen LogP contribution in [0.1, 0.15) is 111 Å². The maximum atomic E-state index is 14.4. The van der Waals surface area contributed by atoms with Crippen LogP contribution in [-0.2, 0) is 51.2 Å². The molecule has 0 bridgehead atoms. The van der Waals surface area contributed by atoms with Crippen LogP contribution in [-0.4, -0.2) is 136 Å². The summed E-state index contributed by atoms with van der Waals surface area (Å²) in [6.07, 6.45) is 5.88. The average molecular weight is 985 g/mol. The first-order valence-corrected chi connectivity index (χ1v) is 24.4. The molecule has 1 aromatic carbocycles. The fraction of sp³-hybridized carbons (Fsp3) is 0.646. The van der Waals surface area contributed by atoms with E-state index in [1.807, 2.05) is 51.1 Å². The third kappa shape index (κ3) is 21.3. The van der Waals surface area contributed by atoms with Gasteiger partial charge in [-0.1, -0.05) is 84.7 Å². The number of hydrogen-bond acceptors (Lipinski definition) is 13. The van der Waals surface area contributed by atoms with Crippen LogP contribution in [0.4, 0.5) is 0 Å². The van der Waals surface area contributed by atoms with Crippen molar-refractivity contribution in [3.8, 4) is 0 Å². The lowest BCUT2D eigenvalue weighted by Crippen LogP contribution is -2.61. The number of carboxylic acids is 2. The van der Waals surface area contributed by atoms with E-state index < -0.39 is 108 Å². The Labute approximate surface area is 411 Å². The second-order valence-electron chi connectivity index (χ2n) is 18.3. The molecule has 0 saturated carbocycles. The molecular formula is C48H80N12O10. The van der Waals surface area contributed by atoms with Gasteiger partial charge in [0.1, 0.15) is 30.2 Å². The number of carbonyl (C=O) groups excluding carboxylic acids is 6. The lowest BCUT2D eigenvalue weighted by Gasteiger charge is -2.32. The number of aromatic nitrogens is 2. The van der Waals surface area contributed by atoms with Gasteiger partial charge in [0, 0.05) is 30.9 Å². The molecule has 10 atom stereocenters. The fourth-order valence-corrected chi connectivity index (χ4v) is 7.59. The highest BCUT2D eigenvalue weighted by atomic mass is 16.4. The summed E-state index contributed by atoms with van der Waals surface area (Å²) < 4.78 is 0. The summed E-state index contributed by atoms with van der Waals surface area (Å²) >= 11 is 0. The number of carboxylic acid groups (broad SMARTS) is 2. The summed E-state index contributed by atoms with van der Waals surface area (Å²) in [4.78, 5) is 113. The van der Waals surface area contributed by atoms with Gasteiger partial charge in [-0.15, -0.1) is 0 Å². The number of H-pyrrole nitrogens is 1. The predicted molar refractivity (Wildman–Crippen MR) is 263 cm³/mol. The van der Waals surface area contributed by atoms with E-state index in [-0.39, 0.29) is 37.6 Å². The van der Waals surface area contributed by atoms with Gasteiger partial charge >= 0.3 is 11.9 Å². The molecule has 2 rings (SSSR count). The zero-order valence-corrected chi connectivity index (χ0v) is 41.6. The third-order valence-corrected chi connectivity index (χ3v) is 12.3. The number of unbranched alkanes of at least 4 members (excludes halogenated alkanes) is 2. The molecule has 22 nitrogen and oxygen atoms in total. The highest BCUT2D eigenvalue weighted by molar-refractivity contribution is 5.95. The molecule has 0 radical (unpaired) electrons. The molecule has 70 heavy (non-hydrogen) atoms. The van der Waals surface area contributed by atoms with E-state index in [1.165, 1.54) is 12.5 Å². The molecule has 6 amide bonds. The maximum Gasteiger partial charge on any atom is 0.326 e.